The maximum absolute atomic E-state index is 10.9. The zero-order valence-corrected chi connectivity index (χ0v) is 11.8. The summed E-state index contributed by atoms with van der Waals surface area (Å²) in [6.07, 6.45) is 0.643. The minimum Gasteiger partial charge on any atom is -0.383 e. The summed E-state index contributed by atoms with van der Waals surface area (Å²) in [5.74, 6) is 0.464. The molecule has 1 atom stereocenters. The zero-order valence-electron chi connectivity index (χ0n) is 11.8. The molecular formula is C14H22N2O3. The van der Waals surface area contributed by atoms with Crippen molar-refractivity contribution in [3.05, 3.63) is 39.9 Å². The molecule has 0 aromatic heterocycles. The lowest BCUT2D eigenvalue weighted by Crippen LogP contribution is -2.38. The standard InChI is InChI=1S/C14H22N2O3/c1-11(2)13(10-19-3)15-9-8-12-6-4-5-7-14(12)16(17)18/h4-7,11,13,15H,8-10H2,1-3H3. The van der Waals surface area contributed by atoms with Crippen molar-refractivity contribution in [2.24, 2.45) is 5.92 Å². The summed E-state index contributed by atoms with van der Waals surface area (Å²) in [4.78, 5) is 10.6. The number of nitro groups is 1. The van der Waals surface area contributed by atoms with Crippen molar-refractivity contribution >= 4 is 5.69 Å². The molecule has 5 nitrogen and oxygen atoms in total. The van der Waals surface area contributed by atoms with Gasteiger partial charge >= 0.3 is 0 Å². The lowest BCUT2D eigenvalue weighted by molar-refractivity contribution is -0.385. The van der Waals surface area contributed by atoms with Gasteiger partial charge in [0.15, 0.2) is 0 Å². The van der Waals surface area contributed by atoms with E-state index in [1.165, 1.54) is 0 Å². The van der Waals surface area contributed by atoms with Crippen molar-refractivity contribution in [1.82, 2.24) is 5.32 Å². The molecule has 0 spiro atoms. The van der Waals surface area contributed by atoms with Crippen LogP contribution in [0.2, 0.25) is 0 Å². The van der Waals surface area contributed by atoms with Crippen molar-refractivity contribution in [3.8, 4) is 0 Å². The van der Waals surface area contributed by atoms with Crippen LogP contribution in [0.25, 0.3) is 0 Å². The minimum absolute atomic E-state index is 0.192. The maximum Gasteiger partial charge on any atom is 0.272 e. The third kappa shape index (κ3) is 4.96. The molecule has 0 heterocycles. The SMILES string of the molecule is COCC(NCCc1ccccc1[N+](=O)[O-])C(C)C. The van der Waals surface area contributed by atoms with E-state index in [-0.39, 0.29) is 16.7 Å². The van der Waals surface area contributed by atoms with Crippen LogP contribution in [0, 0.1) is 16.0 Å². The largest absolute Gasteiger partial charge is 0.383 e. The number of para-hydroxylation sites is 1. The van der Waals surface area contributed by atoms with Crippen LogP contribution in [0.3, 0.4) is 0 Å². The summed E-state index contributed by atoms with van der Waals surface area (Å²) in [6.45, 7) is 5.61. The van der Waals surface area contributed by atoms with Crippen LogP contribution in [0.15, 0.2) is 24.3 Å². The van der Waals surface area contributed by atoms with E-state index in [4.69, 9.17) is 4.74 Å². The van der Waals surface area contributed by atoms with Gasteiger partial charge in [-0.2, -0.15) is 0 Å². The van der Waals surface area contributed by atoms with Gasteiger partial charge in [-0.15, -0.1) is 0 Å². The van der Waals surface area contributed by atoms with E-state index < -0.39 is 0 Å². The molecule has 106 valence electrons. The Morgan fingerprint density at radius 2 is 2.05 bits per heavy atom. The monoisotopic (exact) mass is 266 g/mol. The molecule has 1 rings (SSSR count). The Morgan fingerprint density at radius 3 is 2.63 bits per heavy atom. The summed E-state index contributed by atoms with van der Waals surface area (Å²) >= 11 is 0. The van der Waals surface area contributed by atoms with Gasteiger partial charge in [0.05, 0.1) is 11.5 Å². The molecular weight excluding hydrogens is 244 g/mol. The van der Waals surface area contributed by atoms with E-state index in [9.17, 15) is 10.1 Å². The van der Waals surface area contributed by atoms with Crippen molar-refractivity contribution < 1.29 is 9.66 Å². The summed E-state index contributed by atoms with van der Waals surface area (Å²) in [7, 11) is 1.68. The third-order valence-corrected chi connectivity index (χ3v) is 3.14. The zero-order chi connectivity index (χ0) is 14.3. The second-order valence-corrected chi connectivity index (χ2v) is 4.90. The highest BCUT2D eigenvalue weighted by atomic mass is 16.6. The number of nitrogens with one attached hydrogen (secondary N) is 1. The van der Waals surface area contributed by atoms with Gasteiger partial charge in [0.25, 0.3) is 5.69 Å². The first-order chi connectivity index (χ1) is 9.06. The summed E-state index contributed by atoms with van der Waals surface area (Å²) < 4.78 is 5.16. The number of nitro benzene ring substituents is 1. The second kappa shape index (κ2) is 7.86. The summed E-state index contributed by atoms with van der Waals surface area (Å²) in [5.41, 5.74) is 0.956. The molecule has 0 bridgehead atoms. The van der Waals surface area contributed by atoms with E-state index in [2.05, 4.69) is 19.2 Å². The molecule has 1 unspecified atom stereocenters. The first-order valence-corrected chi connectivity index (χ1v) is 6.51. The van der Waals surface area contributed by atoms with E-state index >= 15 is 0 Å². The minimum atomic E-state index is -0.329. The number of benzene rings is 1. The fourth-order valence-electron chi connectivity index (χ4n) is 1.96. The number of methoxy groups -OCH3 is 1. The molecule has 1 aromatic rings. The number of hydrogen-bond acceptors (Lipinski definition) is 4. The lowest BCUT2D eigenvalue weighted by atomic mass is 10.0. The average Bonchev–Trinajstić information content (AvgIpc) is 2.38. The van der Waals surface area contributed by atoms with Crippen LogP contribution in [-0.2, 0) is 11.2 Å². The van der Waals surface area contributed by atoms with Crippen LogP contribution in [-0.4, -0.2) is 31.2 Å². The van der Waals surface area contributed by atoms with Gasteiger partial charge in [-0.1, -0.05) is 32.0 Å². The number of ether oxygens (including phenoxy) is 1. The molecule has 0 saturated heterocycles. The normalized spacial score (nSPS) is 12.6. The predicted octanol–water partition coefficient (Wildman–Crippen LogP) is 2.40. The molecule has 0 aliphatic heterocycles. The fourth-order valence-corrected chi connectivity index (χ4v) is 1.96. The number of rotatable bonds is 8. The Labute approximate surface area is 114 Å². The Kier molecular flexibility index (Phi) is 6.45. The Morgan fingerprint density at radius 1 is 1.37 bits per heavy atom. The first kappa shape index (κ1) is 15.6. The smallest absolute Gasteiger partial charge is 0.272 e. The quantitative estimate of drug-likeness (QED) is 0.579. The van der Waals surface area contributed by atoms with Crippen LogP contribution < -0.4 is 5.32 Å². The topological polar surface area (TPSA) is 64.4 Å². The van der Waals surface area contributed by atoms with Crippen LogP contribution in [0.5, 0.6) is 0 Å². The van der Waals surface area contributed by atoms with Gasteiger partial charge in [-0.05, 0) is 18.9 Å². The van der Waals surface area contributed by atoms with E-state index in [0.29, 0.717) is 25.5 Å². The fraction of sp³-hybridized carbons (Fsp3) is 0.571. The molecule has 0 amide bonds. The lowest BCUT2D eigenvalue weighted by Gasteiger charge is -2.21. The summed E-state index contributed by atoms with van der Waals surface area (Å²) in [6, 6.07) is 7.15. The molecule has 1 N–H and O–H groups in total. The highest BCUT2D eigenvalue weighted by Gasteiger charge is 2.14. The summed E-state index contributed by atoms with van der Waals surface area (Å²) in [5, 5.41) is 14.3. The number of nitrogens with zero attached hydrogens (tertiary/aromatic N) is 1. The van der Waals surface area contributed by atoms with Gasteiger partial charge in [-0.25, -0.2) is 0 Å². The van der Waals surface area contributed by atoms with Crippen molar-refractivity contribution in [3.63, 3.8) is 0 Å². The molecule has 1 aromatic carbocycles. The molecule has 0 radical (unpaired) electrons. The van der Waals surface area contributed by atoms with Gasteiger partial charge in [-0.3, -0.25) is 10.1 Å². The van der Waals surface area contributed by atoms with Gasteiger partial charge in [0, 0.05) is 24.8 Å². The third-order valence-electron chi connectivity index (χ3n) is 3.14. The maximum atomic E-state index is 10.9. The average molecular weight is 266 g/mol. The van der Waals surface area contributed by atoms with Gasteiger partial charge < -0.3 is 10.1 Å². The second-order valence-electron chi connectivity index (χ2n) is 4.90. The molecule has 0 saturated carbocycles. The molecule has 19 heavy (non-hydrogen) atoms. The van der Waals surface area contributed by atoms with Gasteiger partial charge in [0.1, 0.15) is 0 Å². The predicted molar refractivity (Wildman–Crippen MR) is 75.3 cm³/mol. The highest BCUT2D eigenvalue weighted by molar-refractivity contribution is 5.39. The highest BCUT2D eigenvalue weighted by Crippen LogP contribution is 2.17. The van der Waals surface area contributed by atoms with Crippen molar-refractivity contribution in [2.75, 3.05) is 20.3 Å². The number of hydrogen-bond donors (Lipinski definition) is 1. The van der Waals surface area contributed by atoms with E-state index in [1.807, 2.05) is 6.07 Å². The van der Waals surface area contributed by atoms with Crippen LogP contribution >= 0.6 is 0 Å². The molecule has 0 aliphatic rings. The van der Waals surface area contributed by atoms with Crippen molar-refractivity contribution in [1.29, 1.82) is 0 Å². The molecule has 0 fully saturated rings. The van der Waals surface area contributed by atoms with Crippen LogP contribution in [0.1, 0.15) is 19.4 Å². The Balaban J connectivity index is 2.55. The molecule has 5 heteroatoms. The molecule has 0 aliphatic carbocycles. The van der Waals surface area contributed by atoms with Crippen LogP contribution in [0.4, 0.5) is 5.69 Å². The van der Waals surface area contributed by atoms with E-state index in [1.54, 1.807) is 25.3 Å². The Bertz CT molecular complexity index is 407. The first-order valence-electron chi connectivity index (χ1n) is 6.51. The van der Waals surface area contributed by atoms with E-state index in [0.717, 1.165) is 5.56 Å². The van der Waals surface area contributed by atoms with Gasteiger partial charge in [0.2, 0.25) is 0 Å². The Hall–Kier alpha value is -1.46. The van der Waals surface area contributed by atoms with Crippen molar-refractivity contribution in [2.45, 2.75) is 26.3 Å².